The average molecular weight is 606 g/mol. The van der Waals surface area contributed by atoms with Crippen molar-refractivity contribution >= 4 is 17.6 Å². The summed E-state index contributed by atoms with van der Waals surface area (Å²) < 4.78 is 68.2. The van der Waals surface area contributed by atoms with Crippen molar-refractivity contribution in [1.29, 1.82) is 0 Å². The summed E-state index contributed by atoms with van der Waals surface area (Å²) >= 11 is 0. The molecule has 0 bridgehead atoms. The van der Waals surface area contributed by atoms with Crippen LogP contribution in [0.1, 0.15) is 54.7 Å². The van der Waals surface area contributed by atoms with E-state index >= 15 is 4.39 Å². The standard InChI is InChI=1S/C32H39F4N3O4/c1-4-20-17-39(30(41)31(33)19-37-16-27(31)21-5-8-24(42-2)9-6-21)18-26(20)25-10-7-23(32(34,35)36)15-28(25)38-13-11-22(12-14-38)29(40)43-3/h5-10,15,20,22,26-27,37H,4,11-14,16-19H2,1-3H3/t20-,26-,27-,31-/m0/s1. The maximum atomic E-state index is 16.7. The van der Waals surface area contributed by atoms with E-state index in [0.717, 1.165) is 11.6 Å². The van der Waals surface area contributed by atoms with Gasteiger partial charge in [0.15, 0.2) is 0 Å². The maximum absolute atomic E-state index is 16.7. The molecule has 0 unspecified atom stereocenters. The zero-order chi connectivity index (χ0) is 30.9. The molecule has 7 nitrogen and oxygen atoms in total. The van der Waals surface area contributed by atoms with Gasteiger partial charge in [0.2, 0.25) is 5.67 Å². The van der Waals surface area contributed by atoms with E-state index in [2.05, 4.69) is 5.32 Å². The van der Waals surface area contributed by atoms with E-state index < -0.39 is 29.2 Å². The van der Waals surface area contributed by atoms with Gasteiger partial charge in [-0.2, -0.15) is 13.2 Å². The van der Waals surface area contributed by atoms with E-state index in [9.17, 15) is 22.8 Å². The zero-order valence-corrected chi connectivity index (χ0v) is 24.8. The minimum Gasteiger partial charge on any atom is -0.497 e. The lowest BCUT2D eigenvalue weighted by Gasteiger charge is -2.35. The second-order valence-electron chi connectivity index (χ2n) is 11.9. The fourth-order valence-electron chi connectivity index (χ4n) is 7.02. The van der Waals surface area contributed by atoms with Gasteiger partial charge in [0.25, 0.3) is 5.91 Å². The van der Waals surface area contributed by atoms with Crippen molar-refractivity contribution in [3.8, 4) is 5.75 Å². The lowest BCUT2D eigenvalue weighted by atomic mass is 9.84. The van der Waals surface area contributed by atoms with Crippen molar-refractivity contribution in [2.45, 2.75) is 49.9 Å². The Balaban J connectivity index is 1.42. The fourth-order valence-corrected chi connectivity index (χ4v) is 7.02. The Labute approximate surface area is 249 Å². The number of benzene rings is 2. The van der Waals surface area contributed by atoms with Crippen LogP contribution in [0.2, 0.25) is 0 Å². The second kappa shape index (κ2) is 12.3. The highest BCUT2D eigenvalue weighted by Gasteiger charge is 2.54. The third kappa shape index (κ3) is 6.05. The molecule has 2 aromatic rings. The molecule has 234 valence electrons. The van der Waals surface area contributed by atoms with Gasteiger partial charge in [0.1, 0.15) is 5.75 Å². The highest BCUT2D eigenvalue weighted by atomic mass is 19.4. The van der Waals surface area contributed by atoms with Gasteiger partial charge < -0.3 is 24.6 Å². The van der Waals surface area contributed by atoms with Gasteiger partial charge in [0.05, 0.1) is 25.7 Å². The molecule has 2 aromatic carbocycles. The molecule has 0 spiro atoms. The van der Waals surface area contributed by atoms with Gasteiger partial charge in [-0.3, -0.25) is 9.59 Å². The summed E-state index contributed by atoms with van der Waals surface area (Å²) in [5.41, 5.74) is -1.02. The maximum Gasteiger partial charge on any atom is 0.416 e. The van der Waals surface area contributed by atoms with Crippen LogP contribution in [-0.2, 0) is 20.5 Å². The van der Waals surface area contributed by atoms with E-state index in [1.807, 2.05) is 11.8 Å². The van der Waals surface area contributed by atoms with Crippen LogP contribution >= 0.6 is 0 Å². The van der Waals surface area contributed by atoms with Crippen molar-refractivity contribution in [3.63, 3.8) is 0 Å². The lowest BCUT2D eigenvalue weighted by Crippen LogP contribution is -2.49. The molecule has 3 aliphatic heterocycles. The third-order valence-electron chi connectivity index (χ3n) is 9.54. The van der Waals surface area contributed by atoms with E-state index in [1.165, 1.54) is 19.2 Å². The van der Waals surface area contributed by atoms with Crippen LogP contribution in [0.5, 0.6) is 5.75 Å². The third-order valence-corrected chi connectivity index (χ3v) is 9.54. The Kier molecular flexibility index (Phi) is 8.92. The van der Waals surface area contributed by atoms with Crippen molar-refractivity contribution in [1.82, 2.24) is 10.2 Å². The normalized spacial score (nSPS) is 26.5. The number of methoxy groups -OCH3 is 2. The topological polar surface area (TPSA) is 71.1 Å². The molecule has 5 rings (SSSR count). The Morgan fingerprint density at radius 3 is 2.35 bits per heavy atom. The van der Waals surface area contributed by atoms with Crippen LogP contribution in [0, 0.1) is 11.8 Å². The number of nitrogens with one attached hydrogen (secondary N) is 1. The predicted molar refractivity (Wildman–Crippen MR) is 154 cm³/mol. The largest absolute Gasteiger partial charge is 0.497 e. The molecule has 0 saturated carbocycles. The van der Waals surface area contributed by atoms with Gasteiger partial charge in [-0.15, -0.1) is 0 Å². The Morgan fingerprint density at radius 1 is 1.05 bits per heavy atom. The second-order valence-corrected chi connectivity index (χ2v) is 11.9. The first kappa shape index (κ1) is 31.1. The number of hydrogen-bond acceptors (Lipinski definition) is 6. The predicted octanol–water partition coefficient (Wildman–Crippen LogP) is 5.15. The number of rotatable bonds is 7. The SMILES string of the molecule is CC[C@H]1CN(C(=O)[C@]2(F)CNC[C@H]2c2ccc(OC)cc2)C[C@@H]1c1ccc(C(F)(F)F)cc1N1CCC(C(=O)OC)CC1. The van der Waals surface area contributed by atoms with Crippen LogP contribution in [0.4, 0.5) is 23.2 Å². The van der Waals surface area contributed by atoms with Crippen LogP contribution < -0.4 is 15.0 Å². The van der Waals surface area contributed by atoms with E-state index in [1.54, 1.807) is 36.3 Å². The van der Waals surface area contributed by atoms with Crippen molar-refractivity contribution in [2.75, 3.05) is 58.4 Å². The minimum absolute atomic E-state index is 0.0514. The number of esters is 1. The molecule has 0 radical (unpaired) electrons. The van der Waals surface area contributed by atoms with Gasteiger partial charge in [-0.25, -0.2) is 4.39 Å². The molecule has 1 amide bonds. The van der Waals surface area contributed by atoms with Gasteiger partial charge >= 0.3 is 12.1 Å². The van der Waals surface area contributed by atoms with E-state index in [-0.39, 0.29) is 36.8 Å². The molecule has 0 aliphatic carbocycles. The van der Waals surface area contributed by atoms with Crippen molar-refractivity contribution in [2.24, 2.45) is 11.8 Å². The summed E-state index contributed by atoms with van der Waals surface area (Å²) in [5.74, 6) is -1.55. The zero-order valence-electron chi connectivity index (χ0n) is 24.8. The van der Waals surface area contributed by atoms with Crippen LogP contribution in [0.25, 0.3) is 0 Å². The number of alkyl halides is 4. The molecule has 11 heteroatoms. The molecule has 3 heterocycles. The van der Waals surface area contributed by atoms with Gasteiger partial charge in [0, 0.05) is 56.8 Å². The lowest BCUT2D eigenvalue weighted by molar-refractivity contribution is -0.146. The summed E-state index contributed by atoms with van der Waals surface area (Å²) in [6.07, 6.45) is -2.90. The summed E-state index contributed by atoms with van der Waals surface area (Å²) in [6, 6.07) is 10.8. The number of nitrogens with zero attached hydrogens (tertiary/aromatic N) is 2. The van der Waals surface area contributed by atoms with Crippen molar-refractivity contribution < 1.29 is 36.6 Å². The summed E-state index contributed by atoms with van der Waals surface area (Å²) in [4.78, 5) is 29.4. The Bertz CT molecular complexity index is 1310. The number of carbonyl (C=O) groups excluding carboxylic acids is 2. The molecule has 3 aliphatic rings. The van der Waals surface area contributed by atoms with Crippen molar-refractivity contribution in [3.05, 3.63) is 59.2 Å². The number of likely N-dealkylation sites (tertiary alicyclic amines) is 1. The number of piperidine rings is 1. The molecular formula is C32H39F4N3O4. The molecule has 1 N–H and O–H groups in total. The number of ether oxygens (including phenoxy) is 2. The molecular weight excluding hydrogens is 566 g/mol. The Morgan fingerprint density at radius 2 is 1.74 bits per heavy atom. The highest BCUT2D eigenvalue weighted by Crippen LogP contribution is 2.45. The molecule has 3 saturated heterocycles. The summed E-state index contributed by atoms with van der Waals surface area (Å²) in [5, 5.41) is 3.05. The first-order chi connectivity index (χ1) is 20.5. The number of amides is 1. The quantitative estimate of drug-likeness (QED) is 0.348. The first-order valence-corrected chi connectivity index (χ1v) is 14.9. The summed E-state index contributed by atoms with van der Waals surface area (Å²) in [6.45, 7) is 3.54. The summed E-state index contributed by atoms with van der Waals surface area (Å²) in [7, 11) is 2.88. The average Bonchev–Trinajstić information content (AvgIpc) is 3.64. The van der Waals surface area contributed by atoms with E-state index in [4.69, 9.17) is 9.47 Å². The molecule has 3 fully saturated rings. The van der Waals surface area contributed by atoms with Gasteiger partial charge in [-0.05, 0) is 54.2 Å². The molecule has 0 aromatic heterocycles. The highest BCUT2D eigenvalue weighted by molar-refractivity contribution is 5.88. The van der Waals surface area contributed by atoms with Crippen LogP contribution in [0.15, 0.2) is 42.5 Å². The number of hydrogen-bond donors (Lipinski definition) is 1. The molecule has 43 heavy (non-hydrogen) atoms. The van der Waals surface area contributed by atoms with E-state index in [0.29, 0.717) is 62.4 Å². The number of anilines is 1. The number of carbonyl (C=O) groups is 2. The minimum atomic E-state index is -4.52. The monoisotopic (exact) mass is 605 g/mol. The van der Waals surface area contributed by atoms with Gasteiger partial charge in [-0.1, -0.05) is 31.5 Å². The first-order valence-electron chi connectivity index (χ1n) is 14.9. The fraction of sp³-hybridized carbons (Fsp3) is 0.562. The van der Waals surface area contributed by atoms with Crippen LogP contribution in [0.3, 0.4) is 0 Å². The van der Waals surface area contributed by atoms with Crippen LogP contribution in [-0.4, -0.2) is 75.9 Å². The Hall–Kier alpha value is -3.34. The number of halogens is 4. The smallest absolute Gasteiger partial charge is 0.416 e. The molecule has 4 atom stereocenters.